The van der Waals surface area contributed by atoms with E-state index in [9.17, 15) is 15.3 Å². The van der Waals surface area contributed by atoms with Crippen molar-refractivity contribution in [3.8, 4) is 5.75 Å². The smallest absolute Gasteiger partial charge is 0.322 e. The molecule has 27 heteroatoms. The minimum absolute atomic E-state index is 0.204. The highest BCUT2D eigenvalue weighted by molar-refractivity contribution is 8.00. The highest BCUT2D eigenvalue weighted by atomic mass is 32.2. The number of likely N-dealkylation sites (N-methyl/N-ethyl adjacent to an activating group) is 2. The van der Waals surface area contributed by atoms with Crippen LogP contribution in [0.1, 0.15) is 87.2 Å². The van der Waals surface area contributed by atoms with Gasteiger partial charge < -0.3 is 77.4 Å². The van der Waals surface area contributed by atoms with Crippen molar-refractivity contribution in [2.24, 2.45) is 16.4 Å². The Morgan fingerprint density at radius 1 is 0.854 bits per heavy atom. The standard InChI is InChI=1S/C69H106N10O14SSi2/c1-12-65(83)42-49(3)43-68(63(82)86-7,58-52(20-26-77(4)47-65)51-18-14-15-19-55(51)75-58)54-40-53-56(41-57(54)85-6)78(5)60-67(53)22-27-79-25-16-21-66(13-2,59(67)79)61(80)69(60,84)62(81)71-23-17-39-95(8,9)93-96(10,11)48-94-64-72-44-50(45-73-64)46-92-38-37-91-36-35-90-34-33-89-32-31-88-30-29-87-28-24-74-76-70/h14-16,18-19,21,40-41,44-45,49,59-61,75,80,83-84H,12-13,17,20,22-39,42-43,46-48H2,1-11H3,(H,71,81)/t49-,59-,60+,61+,65-,66+,67+,68-,69-/m0/s1. The average Bonchev–Trinajstić information content (AvgIpc) is 1.46. The number of fused-ring (bicyclic) bond motifs is 4. The number of rotatable bonds is 35. The van der Waals surface area contributed by atoms with E-state index in [1.165, 1.54) is 7.11 Å². The van der Waals surface area contributed by atoms with Crippen LogP contribution in [0, 0.1) is 11.3 Å². The third-order valence-electron chi connectivity index (χ3n) is 20.5. The molecule has 5 aliphatic rings. The predicted octanol–water partition coefficient (Wildman–Crippen LogP) is 7.85. The number of ether oxygens (including phenoxy) is 8. The molecule has 1 spiro atoms. The molecule has 0 unspecified atom stereocenters. The van der Waals surface area contributed by atoms with E-state index in [1.54, 1.807) is 31.3 Å². The molecule has 9 rings (SSSR count). The van der Waals surface area contributed by atoms with Crippen molar-refractivity contribution in [1.29, 1.82) is 0 Å². The lowest BCUT2D eigenvalue weighted by molar-refractivity contribution is -0.203. The van der Waals surface area contributed by atoms with Crippen LogP contribution in [0.5, 0.6) is 5.75 Å². The Bertz CT molecular complexity index is 3330. The van der Waals surface area contributed by atoms with Gasteiger partial charge in [0, 0.05) is 119 Å². The summed E-state index contributed by atoms with van der Waals surface area (Å²) in [5.41, 5.74) is 7.20. The maximum Gasteiger partial charge on any atom is 0.322 e. The fourth-order valence-corrected chi connectivity index (χ4v) is 26.9. The van der Waals surface area contributed by atoms with Crippen LogP contribution in [-0.4, -0.2) is 244 Å². The number of nitrogens with zero attached hydrogens (tertiary/aromatic N) is 8. The van der Waals surface area contributed by atoms with Gasteiger partial charge in [-0.3, -0.25) is 14.5 Å². The molecule has 6 heterocycles. The second-order valence-electron chi connectivity index (χ2n) is 28.1. The van der Waals surface area contributed by atoms with Gasteiger partial charge in [0.15, 0.2) is 27.4 Å². The lowest BCUT2D eigenvalue weighted by Gasteiger charge is -2.63. The third kappa shape index (κ3) is 16.1. The highest BCUT2D eigenvalue weighted by Gasteiger charge is 2.78. The molecule has 530 valence electrons. The second kappa shape index (κ2) is 33.0. The van der Waals surface area contributed by atoms with Gasteiger partial charge in [-0.05, 0) is 125 Å². The molecule has 9 atom stereocenters. The zero-order valence-corrected chi connectivity index (χ0v) is 61.3. The Hall–Kier alpha value is -5.05. The summed E-state index contributed by atoms with van der Waals surface area (Å²) < 4.78 is 52.9. The van der Waals surface area contributed by atoms with Crippen LogP contribution in [0.2, 0.25) is 32.2 Å². The van der Waals surface area contributed by atoms with E-state index in [4.69, 9.17) is 47.5 Å². The van der Waals surface area contributed by atoms with Gasteiger partial charge in [-0.2, -0.15) is 0 Å². The number of H-pyrrole nitrogens is 1. The van der Waals surface area contributed by atoms with E-state index in [-0.39, 0.29) is 24.9 Å². The van der Waals surface area contributed by atoms with Gasteiger partial charge in [0.05, 0.1) is 105 Å². The molecular weight excluding hydrogens is 1280 g/mol. The number of carbonyl (C=O) groups is 2. The molecule has 24 nitrogen and oxygen atoms in total. The van der Waals surface area contributed by atoms with Crippen molar-refractivity contribution in [3.63, 3.8) is 0 Å². The van der Waals surface area contributed by atoms with Crippen LogP contribution in [0.3, 0.4) is 0 Å². The number of methoxy groups -OCH3 is 2. The zero-order chi connectivity index (χ0) is 68.9. The Morgan fingerprint density at radius 3 is 2.15 bits per heavy atom. The summed E-state index contributed by atoms with van der Waals surface area (Å²) in [4.78, 5) is 53.5. The molecule has 4 aromatic rings. The van der Waals surface area contributed by atoms with Crippen molar-refractivity contribution < 1.29 is 66.9 Å². The first-order valence-corrected chi connectivity index (χ1v) is 41.5. The second-order valence-corrected chi connectivity index (χ2v) is 38.2. The molecule has 2 aromatic heterocycles. The number of aliphatic hydroxyl groups excluding tert-OH is 1. The molecule has 0 bridgehead atoms. The Kier molecular flexibility index (Phi) is 25.8. The summed E-state index contributed by atoms with van der Waals surface area (Å²) in [6, 6.07) is 11.8. The molecule has 1 amide bonds. The van der Waals surface area contributed by atoms with Crippen LogP contribution in [-0.2, 0) is 70.7 Å². The van der Waals surface area contributed by atoms with Crippen molar-refractivity contribution in [2.45, 2.75) is 150 Å². The monoisotopic (exact) mass is 1390 g/mol. The van der Waals surface area contributed by atoms with Crippen molar-refractivity contribution >= 4 is 56.9 Å². The first-order valence-electron chi connectivity index (χ1n) is 34.3. The number of hydrogen-bond donors (Lipinski definition) is 5. The fraction of sp³-hybridized carbons (Fsp3) is 0.681. The van der Waals surface area contributed by atoms with Gasteiger partial charge in [0.2, 0.25) is 0 Å². The Labute approximate surface area is 573 Å². The quantitative estimate of drug-likeness (QED) is 0.00337. The number of aromatic amines is 1. The molecule has 2 aromatic carbocycles. The molecule has 5 N–H and O–H groups in total. The topological polar surface area (TPSA) is 290 Å². The Balaban J connectivity index is 0.831. The lowest BCUT2D eigenvalue weighted by Crippen LogP contribution is -2.81. The first-order chi connectivity index (χ1) is 46.0. The summed E-state index contributed by atoms with van der Waals surface area (Å²) in [5.74, 6) is -0.834. The number of carbonyl (C=O) groups excluding carboxylic acids is 2. The van der Waals surface area contributed by atoms with Gasteiger partial charge in [0.1, 0.15) is 17.3 Å². The maximum absolute atomic E-state index is 15.7. The van der Waals surface area contributed by atoms with E-state index >= 15 is 9.59 Å². The van der Waals surface area contributed by atoms with E-state index in [0.29, 0.717) is 167 Å². The normalized spacial score (nSPS) is 26.8. The predicted molar refractivity (Wildman–Crippen MR) is 375 cm³/mol. The molecule has 1 saturated carbocycles. The fourth-order valence-electron chi connectivity index (χ4n) is 16.6. The van der Waals surface area contributed by atoms with E-state index in [0.717, 1.165) is 50.4 Å². The molecular formula is C69H106N10O14SSi2. The van der Waals surface area contributed by atoms with Crippen molar-refractivity contribution in [2.75, 3.05) is 151 Å². The number of azide groups is 1. The summed E-state index contributed by atoms with van der Waals surface area (Å²) in [5, 5.41) is 48.4. The van der Waals surface area contributed by atoms with E-state index in [2.05, 4.69) is 97.5 Å². The van der Waals surface area contributed by atoms with Crippen molar-refractivity contribution in [3.05, 3.63) is 99.3 Å². The summed E-state index contributed by atoms with van der Waals surface area (Å²) >= 11 is 1.59. The number of anilines is 1. The van der Waals surface area contributed by atoms with Crippen molar-refractivity contribution in [1.82, 2.24) is 30.1 Å². The maximum atomic E-state index is 15.7. The first kappa shape index (κ1) is 75.2. The number of hydrogen-bond acceptors (Lipinski definition) is 21. The molecule has 1 aliphatic carbocycles. The number of thioether (sulfide) groups is 1. The lowest BCUT2D eigenvalue weighted by atomic mass is 9.47. The number of esters is 1. The van der Waals surface area contributed by atoms with Crippen LogP contribution in [0.4, 0.5) is 5.69 Å². The number of aliphatic hydroxyl groups is 3. The van der Waals surface area contributed by atoms with Gasteiger partial charge in [-0.15, -0.1) is 0 Å². The average molecular weight is 1390 g/mol. The summed E-state index contributed by atoms with van der Waals surface area (Å²) in [6.07, 6.45) is 9.70. The van der Waals surface area contributed by atoms with Crippen LogP contribution >= 0.6 is 11.8 Å². The SMILES string of the molecule is CC[C@]1(O)C[C@H](C)C[C@](C(=O)OC)(c2cc3c(cc2OC)N(C)[C@H]2[C@@](O)(C(=O)NCCC[Si](C)(C)O[Si](C)(C)CSc4ncc(COCCOCCOCCOCCOCCOCCN=[N+]=[N-])cn4)[C@H](O)[C@]4(CC)C=CCN5CC[C@]32[C@@H]54)c2[nH]c3ccccc3c2CCN(C)C1. The van der Waals surface area contributed by atoms with Gasteiger partial charge >= 0.3 is 5.97 Å². The minimum atomic E-state index is -2.31. The largest absolute Gasteiger partial charge is 0.496 e. The molecule has 2 fully saturated rings. The van der Waals surface area contributed by atoms with Gasteiger partial charge in [-0.25, -0.2) is 9.97 Å². The van der Waals surface area contributed by atoms with Gasteiger partial charge in [-0.1, -0.05) is 68.0 Å². The number of benzene rings is 2. The van der Waals surface area contributed by atoms with E-state index in [1.807, 2.05) is 57.1 Å². The number of para-hydroxylation sites is 1. The summed E-state index contributed by atoms with van der Waals surface area (Å²) in [7, 11) is 2.46. The molecule has 1 saturated heterocycles. The zero-order valence-electron chi connectivity index (χ0n) is 58.5. The van der Waals surface area contributed by atoms with Crippen LogP contribution < -0.4 is 15.0 Å². The molecule has 96 heavy (non-hydrogen) atoms. The van der Waals surface area contributed by atoms with Crippen LogP contribution in [0.15, 0.2) is 71.2 Å². The minimum Gasteiger partial charge on any atom is -0.496 e. The number of β-amino-alcohol motifs (C(OH)–C–C–N with tert-alkyl or cyclic N) is 1. The summed E-state index contributed by atoms with van der Waals surface area (Å²) in [6.45, 7) is 23.2. The van der Waals surface area contributed by atoms with E-state index < -0.39 is 68.1 Å². The van der Waals surface area contributed by atoms with Crippen LogP contribution in [0.25, 0.3) is 21.3 Å². The highest BCUT2D eigenvalue weighted by Crippen LogP contribution is 2.67. The van der Waals surface area contributed by atoms with Gasteiger partial charge in [0.25, 0.3) is 5.91 Å². The molecule has 0 radical (unpaired) electrons. The number of nitrogens with one attached hydrogen (secondary N) is 2. The third-order valence-corrected chi connectivity index (χ3v) is 30.3. The number of amides is 1. The Morgan fingerprint density at radius 2 is 1.51 bits per heavy atom. The number of aromatic nitrogens is 3. The molecule has 4 aliphatic heterocycles.